The number of benzene rings is 1. The molecule has 0 spiro atoms. The summed E-state index contributed by atoms with van der Waals surface area (Å²) >= 11 is 0. The summed E-state index contributed by atoms with van der Waals surface area (Å²) in [4.78, 5) is 26.8. The lowest BCUT2D eigenvalue weighted by molar-refractivity contribution is -0.137. The molecule has 1 aromatic heterocycles. The van der Waals surface area contributed by atoms with Crippen molar-refractivity contribution in [1.82, 2.24) is 5.16 Å². The van der Waals surface area contributed by atoms with Crippen LogP contribution in [0.4, 0.5) is 11.4 Å². The smallest absolute Gasteiger partial charge is 0.304 e. The van der Waals surface area contributed by atoms with E-state index in [9.17, 15) is 14.7 Å². The Morgan fingerprint density at radius 3 is 2.60 bits per heavy atom. The second kappa shape index (κ2) is 12.7. The molecule has 9 nitrogen and oxygen atoms in total. The van der Waals surface area contributed by atoms with Crippen molar-refractivity contribution >= 4 is 23.3 Å². The monoisotopic (exact) mass is 487 g/mol. The number of nitrogens with zero attached hydrogens (tertiary/aromatic N) is 2. The second-order valence-corrected chi connectivity index (χ2v) is 9.57. The SMILES string of the molecule is COCC(CC(=O)O)c1ccc(N(CC(C)C)C2CCOCC2)c(NC(=O)Cc2cc(C)on2)c1. The molecule has 192 valence electrons. The van der Waals surface area contributed by atoms with Crippen molar-refractivity contribution in [2.75, 3.05) is 43.7 Å². The summed E-state index contributed by atoms with van der Waals surface area (Å²) in [5.74, 6) is -0.384. The molecule has 1 aliphatic rings. The van der Waals surface area contributed by atoms with Crippen molar-refractivity contribution in [1.29, 1.82) is 0 Å². The number of carbonyl (C=O) groups excluding carboxylic acids is 1. The molecule has 1 fully saturated rings. The van der Waals surface area contributed by atoms with Gasteiger partial charge in [-0.3, -0.25) is 9.59 Å². The number of rotatable bonds is 12. The van der Waals surface area contributed by atoms with Crippen LogP contribution in [0.5, 0.6) is 0 Å². The molecule has 0 saturated carbocycles. The number of aryl methyl sites for hydroxylation is 1. The number of ether oxygens (including phenoxy) is 2. The van der Waals surface area contributed by atoms with Crippen LogP contribution in [0.1, 0.15) is 56.0 Å². The minimum absolute atomic E-state index is 0.0610. The van der Waals surface area contributed by atoms with Gasteiger partial charge in [-0.15, -0.1) is 0 Å². The summed E-state index contributed by atoms with van der Waals surface area (Å²) in [6.07, 6.45) is 1.84. The van der Waals surface area contributed by atoms with E-state index >= 15 is 0 Å². The van der Waals surface area contributed by atoms with Crippen LogP contribution < -0.4 is 10.2 Å². The third-order valence-electron chi connectivity index (χ3n) is 6.08. The lowest BCUT2D eigenvalue weighted by atomic mass is 9.94. The van der Waals surface area contributed by atoms with Crippen LogP contribution in [0.3, 0.4) is 0 Å². The normalized spacial score (nSPS) is 15.2. The molecule has 1 atom stereocenters. The van der Waals surface area contributed by atoms with Gasteiger partial charge in [-0.25, -0.2) is 0 Å². The molecule has 1 unspecified atom stereocenters. The number of hydrogen-bond acceptors (Lipinski definition) is 7. The van der Waals surface area contributed by atoms with E-state index in [1.54, 1.807) is 20.1 Å². The third kappa shape index (κ3) is 7.80. The highest BCUT2D eigenvalue weighted by molar-refractivity contribution is 5.95. The molecule has 1 aliphatic heterocycles. The molecule has 0 bridgehead atoms. The summed E-state index contributed by atoms with van der Waals surface area (Å²) in [5.41, 5.74) is 2.95. The number of nitrogens with one attached hydrogen (secondary N) is 1. The Labute approximate surface area is 206 Å². The zero-order valence-electron chi connectivity index (χ0n) is 21.1. The van der Waals surface area contributed by atoms with E-state index in [1.165, 1.54) is 0 Å². The largest absolute Gasteiger partial charge is 0.481 e. The van der Waals surface area contributed by atoms with Crippen LogP contribution in [0.25, 0.3) is 0 Å². The zero-order valence-corrected chi connectivity index (χ0v) is 21.1. The Morgan fingerprint density at radius 2 is 2.00 bits per heavy atom. The molecule has 1 saturated heterocycles. The first-order valence-corrected chi connectivity index (χ1v) is 12.2. The average Bonchev–Trinajstić information content (AvgIpc) is 3.21. The topological polar surface area (TPSA) is 114 Å². The maximum Gasteiger partial charge on any atom is 0.304 e. The van der Waals surface area contributed by atoms with E-state index in [2.05, 4.69) is 29.2 Å². The Kier molecular flexibility index (Phi) is 9.68. The van der Waals surface area contributed by atoms with Gasteiger partial charge in [0.15, 0.2) is 0 Å². The number of aromatic nitrogens is 1. The number of hydrogen-bond donors (Lipinski definition) is 2. The number of anilines is 2. The molecule has 2 aromatic rings. The van der Waals surface area contributed by atoms with E-state index in [-0.39, 0.29) is 31.3 Å². The van der Waals surface area contributed by atoms with Crippen LogP contribution in [0.15, 0.2) is 28.8 Å². The lowest BCUT2D eigenvalue weighted by Crippen LogP contribution is -2.42. The highest BCUT2D eigenvalue weighted by atomic mass is 16.5. The summed E-state index contributed by atoms with van der Waals surface area (Å²) in [7, 11) is 1.56. The first kappa shape index (κ1) is 26.7. The van der Waals surface area contributed by atoms with Gasteiger partial charge in [-0.2, -0.15) is 0 Å². The molecule has 2 N–H and O–H groups in total. The van der Waals surface area contributed by atoms with Crippen molar-refractivity contribution in [2.45, 2.75) is 58.4 Å². The van der Waals surface area contributed by atoms with Crippen molar-refractivity contribution < 1.29 is 28.7 Å². The van der Waals surface area contributed by atoms with Gasteiger partial charge in [0.2, 0.25) is 5.91 Å². The quantitative estimate of drug-likeness (QED) is 0.462. The fourth-order valence-electron chi connectivity index (χ4n) is 4.54. The number of amides is 1. The Balaban J connectivity index is 1.97. The molecule has 35 heavy (non-hydrogen) atoms. The Hall–Kier alpha value is -2.91. The zero-order chi connectivity index (χ0) is 25.4. The third-order valence-corrected chi connectivity index (χ3v) is 6.08. The average molecular weight is 488 g/mol. The van der Waals surface area contributed by atoms with Crippen molar-refractivity contribution in [2.24, 2.45) is 5.92 Å². The van der Waals surface area contributed by atoms with E-state index in [1.807, 2.05) is 18.2 Å². The maximum atomic E-state index is 13.0. The predicted molar refractivity (Wildman–Crippen MR) is 133 cm³/mol. The molecule has 1 amide bonds. The molecule has 3 rings (SSSR count). The molecule has 1 aromatic carbocycles. The number of aliphatic carboxylic acids is 1. The maximum absolute atomic E-state index is 13.0. The van der Waals surface area contributed by atoms with Gasteiger partial charge in [0.05, 0.1) is 36.5 Å². The van der Waals surface area contributed by atoms with E-state index in [0.717, 1.165) is 30.6 Å². The van der Waals surface area contributed by atoms with Gasteiger partial charge >= 0.3 is 5.97 Å². The number of carboxylic acid groups (broad SMARTS) is 1. The molecule has 0 radical (unpaired) electrons. The van der Waals surface area contributed by atoms with Gasteiger partial charge in [0, 0.05) is 44.9 Å². The Morgan fingerprint density at radius 1 is 1.26 bits per heavy atom. The lowest BCUT2D eigenvalue weighted by Gasteiger charge is -2.38. The fraction of sp³-hybridized carbons (Fsp3) is 0.577. The molecule has 0 aliphatic carbocycles. The molecule has 2 heterocycles. The van der Waals surface area contributed by atoms with Crippen molar-refractivity contribution in [3.05, 3.63) is 41.3 Å². The minimum Gasteiger partial charge on any atom is -0.481 e. The number of methoxy groups -OCH3 is 1. The molecule has 9 heteroatoms. The predicted octanol–water partition coefficient (Wildman–Crippen LogP) is 4.01. The fourth-order valence-corrected chi connectivity index (χ4v) is 4.54. The minimum atomic E-state index is -0.897. The van der Waals surface area contributed by atoms with Gasteiger partial charge in [-0.1, -0.05) is 25.1 Å². The highest BCUT2D eigenvalue weighted by Crippen LogP contribution is 2.35. The van der Waals surface area contributed by atoms with Crippen LogP contribution in [0.2, 0.25) is 0 Å². The summed E-state index contributed by atoms with van der Waals surface area (Å²) < 4.78 is 16.0. The Bertz CT molecular complexity index is 983. The van der Waals surface area contributed by atoms with E-state index in [4.69, 9.17) is 14.0 Å². The summed E-state index contributed by atoms with van der Waals surface area (Å²) in [6, 6.07) is 7.87. The van der Waals surface area contributed by atoms with E-state index < -0.39 is 5.97 Å². The summed E-state index contributed by atoms with van der Waals surface area (Å²) in [6.45, 7) is 8.64. The van der Waals surface area contributed by atoms with Crippen LogP contribution >= 0.6 is 0 Å². The van der Waals surface area contributed by atoms with Gasteiger partial charge in [0.25, 0.3) is 0 Å². The number of carboxylic acids is 1. The molecular weight excluding hydrogens is 450 g/mol. The summed E-state index contributed by atoms with van der Waals surface area (Å²) in [5, 5.41) is 16.4. The van der Waals surface area contributed by atoms with E-state index in [0.29, 0.717) is 42.3 Å². The van der Waals surface area contributed by atoms with Gasteiger partial charge in [0.1, 0.15) is 5.76 Å². The number of carbonyl (C=O) groups is 2. The van der Waals surface area contributed by atoms with Gasteiger partial charge in [-0.05, 0) is 43.4 Å². The van der Waals surface area contributed by atoms with Crippen LogP contribution in [-0.2, 0) is 25.5 Å². The van der Waals surface area contributed by atoms with Crippen molar-refractivity contribution in [3.63, 3.8) is 0 Å². The second-order valence-electron chi connectivity index (χ2n) is 9.57. The van der Waals surface area contributed by atoms with Crippen LogP contribution in [0, 0.1) is 12.8 Å². The van der Waals surface area contributed by atoms with Crippen molar-refractivity contribution in [3.8, 4) is 0 Å². The van der Waals surface area contributed by atoms with Gasteiger partial charge < -0.3 is 29.3 Å². The highest BCUT2D eigenvalue weighted by Gasteiger charge is 2.26. The first-order chi connectivity index (χ1) is 16.8. The molecular formula is C26H37N3O6. The standard InChI is InChI=1S/C26H37N3O6/c1-17(2)15-29(22-7-9-34-10-8-22)24-6-5-19(20(16-33-4)13-26(31)32)12-23(24)27-25(30)14-21-11-18(3)35-28-21/h5-6,11-12,17,20,22H,7-10,13-16H2,1-4H3,(H,27,30)(H,31,32). The van der Waals surface area contributed by atoms with Crippen LogP contribution in [-0.4, -0.2) is 61.7 Å². The first-order valence-electron chi connectivity index (χ1n) is 12.2.